The van der Waals surface area contributed by atoms with Gasteiger partial charge in [-0.05, 0) is 62.8 Å². The number of benzene rings is 1. The number of carboxylic acid groups (broad SMARTS) is 1. The van der Waals surface area contributed by atoms with E-state index in [-0.39, 0.29) is 11.4 Å². The predicted molar refractivity (Wildman–Crippen MR) is 77.3 cm³/mol. The molecule has 1 atom stereocenters. The largest absolute Gasteiger partial charge is 0.548 e. The van der Waals surface area contributed by atoms with Crippen LogP contribution in [0.1, 0.15) is 35.1 Å². The number of carbonyl (C=O) groups is 1. The molecule has 0 N–H and O–H groups in total. The summed E-state index contributed by atoms with van der Waals surface area (Å²) >= 11 is 0. The summed E-state index contributed by atoms with van der Waals surface area (Å²) in [7, 11) is -3.83. The number of hydrogen-bond acceptors (Lipinski definition) is 4. The summed E-state index contributed by atoms with van der Waals surface area (Å²) in [4.78, 5) is 11.4. The molecule has 1 aromatic rings. The first kappa shape index (κ1) is 16.0. The first-order chi connectivity index (χ1) is 9.67. The molecule has 1 aliphatic heterocycles. The van der Waals surface area contributed by atoms with E-state index in [9.17, 15) is 18.3 Å². The van der Waals surface area contributed by atoms with Gasteiger partial charge >= 0.3 is 0 Å². The van der Waals surface area contributed by atoms with Crippen molar-refractivity contribution < 1.29 is 18.3 Å². The van der Waals surface area contributed by atoms with Crippen molar-refractivity contribution >= 4 is 16.0 Å². The smallest absolute Gasteiger partial charge is 0.244 e. The van der Waals surface area contributed by atoms with E-state index in [2.05, 4.69) is 0 Å². The van der Waals surface area contributed by atoms with Gasteiger partial charge in [0.15, 0.2) is 0 Å². The van der Waals surface area contributed by atoms with Gasteiger partial charge in [0.05, 0.1) is 16.9 Å². The molecule has 1 heterocycles. The van der Waals surface area contributed by atoms with Crippen molar-refractivity contribution in [2.45, 2.75) is 51.5 Å². The van der Waals surface area contributed by atoms with Crippen LogP contribution in [0.5, 0.6) is 0 Å². The van der Waals surface area contributed by atoms with Crippen LogP contribution in [0.3, 0.4) is 0 Å². The molecule has 21 heavy (non-hydrogen) atoms. The summed E-state index contributed by atoms with van der Waals surface area (Å²) in [5.41, 5.74) is 3.14. The summed E-state index contributed by atoms with van der Waals surface area (Å²) < 4.78 is 26.9. The Morgan fingerprint density at radius 1 is 1.19 bits per heavy atom. The minimum Gasteiger partial charge on any atom is -0.548 e. The minimum absolute atomic E-state index is 0.229. The number of aliphatic carboxylic acids is 1. The zero-order valence-corrected chi connectivity index (χ0v) is 13.6. The van der Waals surface area contributed by atoms with E-state index in [1.165, 1.54) is 0 Å². The Labute approximate surface area is 125 Å². The van der Waals surface area contributed by atoms with Crippen LogP contribution in [0.25, 0.3) is 0 Å². The zero-order valence-electron chi connectivity index (χ0n) is 12.8. The highest BCUT2D eigenvalue weighted by Crippen LogP contribution is 2.32. The van der Waals surface area contributed by atoms with E-state index >= 15 is 0 Å². The molecule has 116 valence electrons. The Balaban J connectivity index is 2.63. The van der Waals surface area contributed by atoms with Gasteiger partial charge < -0.3 is 9.90 Å². The maximum Gasteiger partial charge on any atom is 0.244 e. The molecule has 0 saturated carbocycles. The first-order valence-electron chi connectivity index (χ1n) is 6.98. The van der Waals surface area contributed by atoms with Crippen molar-refractivity contribution in [3.8, 4) is 0 Å². The van der Waals surface area contributed by atoms with Gasteiger partial charge in [0.1, 0.15) is 0 Å². The lowest BCUT2D eigenvalue weighted by atomic mass is 10.0. The van der Waals surface area contributed by atoms with Crippen molar-refractivity contribution in [3.63, 3.8) is 0 Å². The molecule has 1 aliphatic rings. The Bertz CT molecular complexity index is 668. The fourth-order valence-electron chi connectivity index (χ4n) is 2.95. The Kier molecular flexibility index (Phi) is 4.13. The van der Waals surface area contributed by atoms with Gasteiger partial charge in [-0.1, -0.05) is 6.07 Å². The van der Waals surface area contributed by atoms with Crippen LogP contribution < -0.4 is 5.11 Å². The zero-order chi connectivity index (χ0) is 15.9. The molecule has 0 bridgehead atoms. The molecule has 1 saturated heterocycles. The average molecular weight is 310 g/mol. The van der Waals surface area contributed by atoms with Gasteiger partial charge in [0.25, 0.3) is 0 Å². The van der Waals surface area contributed by atoms with E-state index < -0.39 is 22.0 Å². The van der Waals surface area contributed by atoms with E-state index in [0.29, 0.717) is 24.0 Å². The Hall–Kier alpha value is -1.40. The van der Waals surface area contributed by atoms with E-state index in [1.54, 1.807) is 13.8 Å². The average Bonchev–Trinajstić information content (AvgIpc) is 2.86. The summed E-state index contributed by atoms with van der Waals surface area (Å²) in [6, 6.07) is 0.888. The Morgan fingerprint density at radius 2 is 1.71 bits per heavy atom. The van der Waals surface area contributed by atoms with Gasteiger partial charge in [0.2, 0.25) is 10.0 Å². The van der Waals surface area contributed by atoms with Gasteiger partial charge in [-0.25, -0.2) is 8.42 Å². The SMILES string of the molecule is Cc1cc(C)c(C)c(S(=O)(=O)N2CCC[C@H]2C(=O)[O-])c1C. The second kappa shape index (κ2) is 5.42. The third-order valence-corrected chi connectivity index (χ3v) is 6.52. The lowest BCUT2D eigenvalue weighted by Crippen LogP contribution is -2.47. The normalized spacial score (nSPS) is 19.9. The van der Waals surface area contributed by atoms with E-state index in [4.69, 9.17) is 0 Å². The van der Waals surface area contributed by atoms with Crippen LogP contribution >= 0.6 is 0 Å². The molecular weight excluding hydrogens is 290 g/mol. The van der Waals surface area contributed by atoms with Crippen molar-refractivity contribution in [2.24, 2.45) is 0 Å². The second-order valence-electron chi connectivity index (χ2n) is 5.68. The van der Waals surface area contributed by atoms with Gasteiger partial charge in [-0.3, -0.25) is 0 Å². The molecule has 1 fully saturated rings. The standard InChI is InChI=1S/C15H21NO4S/c1-9-8-10(2)12(4)14(11(9)3)21(19,20)16-7-5-6-13(16)15(17)18/h8,13H,5-7H2,1-4H3,(H,17,18)/p-1/t13-/m0/s1. The molecule has 0 spiro atoms. The van der Waals surface area contributed by atoms with Gasteiger partial charge in [-0.2, -0.15) is 4.31 Å². The molecule has 0 aromatic heterocycles. The van der Waals surface area contributed by atoms with Gasteiger partial charge in [0, 0.05) is 6.54 Å². The number of aryl methyl sites for hydroxylation is 2. The molecule has 2 rings (SSSR count). The van der Waals surface area contributed by atoms with Crippen molar-refractivity contribution in [1.29, 1.82) is 0 Å². The molecule has 1 aromatic carbocycles. The van der Waals surface area contributed by atoms with Crippen LogP contribution in [0, 0.1) is 27.7 Å². The van der Waals surface area contributed by atoms with Crippen LogP contribution in [-0.4, -0.2) is 31.3 Å². The minimum atomic E-state index is -3.83. The van der Waals surface area contributed by atoms with Gasteiger partial charge in [-0.15, -0.1) is 0 Å². The third kappa shape index (κ3) is 2.58. The topological polar surface area (TPSA) is 77.5 Å². The number of carboxylic acids is 1. The van der Waals surface area contributed by atoms with Crippen molar-refractivity contribution in [2.75, 3.05) is 6.54 Å². The fraction of sp³-hybridized carbons (Fsp3) is 0.533. The van der Waals surface area contributed by atoms with Crippen LogP contribution in [0.2, 0.25) is 0 Å². The van der Waals surface area contributed by atoms with Crippen LogP contribution in [-0.2, 0) is 14.8 Å². The third-order valence-electron chi connectivity index (χ3n) is 4.34. The maximum atomic E-state index is 12.9. The second-order valence-corrected chi connectivity index (χ2v) is 7.51. The predicted octanol–water partition coefficient (Wildman–Crippen LogP) is 0.823. The highest BCUT2D eigenvalue weighted by atomic mass is 32.2. The number of nitrogens with zero attached hydrogens (tertiary/aromatic N) is 1. The highest BCUT2D eigenvalue weighted by molar-refractivity contribution is 7.89. The molecule has 5 nitrogen and oxygen atoms in total. The summed E-state index contributed by atoms with van der Waals surface area (Å²) in [6.07, 6.45) is 0.852. The first-order valence-corrected chi connectivity index (χ1v) is 8.42. The highest BCUT2D eigenvalue weighted by Gasteiger charge is 2.37. The number of carbonyl (C=O) groups excluding carboxylic acids is 1. The molecule has 0 aliphatic carbocycles. The van der Waals surface area contributed by atoms with Crippen molar-refractivity contribution in [3.05, 3.63) is 28.3 Å². The van der Waals surface area contributed by atoms with Crippen molar-refractivity contribution in [1.82, 2.24) is 4.31 Å². The Morgan fingerprint density at radius 3 is 2.19 bits per heavy atom. The monoisotopic (exact) mass is 310 g/mol. The summed E-state index contributed by atoms with van der Waals surface area (Å²) in [6.45, 7) is 7.48. The summed E-state index contributed by atoms with van der Waals surface area (Å²) in [5.74, 6) is -1.32. The molecule has 0 amide bonds. The van der Waals surface area contributed by atoms with E-state index in [1.807, 2.05) is 19.9 Å². The molecule has 0 radical (unpaired) electrons. The number of rotatable bonds is 3. The van der Waals surface area contributed by atoms with E-state index in [0.717, 1.165) is 15.4 Å². The van der Waals surface area contributed by atoms with Crippen LogP contribution in [0.4, 0.5) is 0 Å². The molecular formula is C15H20NO4S-. The lowest BCUT2D eigenvalue weighted by molar-refractivity contribution is -0.309. The molecule has 0 unspecified atom stereocenters. The quantitative estimate of drug-likeness (QED) is 0.828. The number of hydrogen-bond donors (Lipinski definition) is 0. The molecule has 6 heteroatoms. The fourth-order valence-corrected chi connectivity index (χ4v) is 5.17. The number of sulfonamides is 1. The lowest BCUT2D eigenvalue weighted by Gasteiger charge is -2.27. The maximum absolute atomic E-state index is 12.9. The van der Waals surface area contributed by atoms with Crippen LogP contribution in [0.15, 0.2) is 11.0 Å². The summed E-state index contributed by atoms with van der Waals surface area (Å²) in [5, 5.41) is 11.2.